The summed E-state index contributed by atoms with van der Waals surface area (Å²) >= 11 is 0. The fraction of sp³-hybridized carbons (Fsp3) is 0.120. The van der Waals surface area contributed by atoms with Crippen molar-refractivity contribution in [3.8, 4) is 0 Å². The predicted molar refractivity (Wildman–Crippen MR) is 108 cm³/mol. The zero-order valence-corrected chi connectivity index (χ0v) is 14.9. The van der Waals surface area contributed by atoms with E-state index in [1.165, 1.54) is 0 Å². The largest absolute Gasteiger partial charge is 0.383 e. The number of benzene rings is 3. The van der Waals surface area contributed by atoms with E-state index in [2.05, 4.69) is 30.5 Å². The van der Waals surface area contributed by atoms with Gasteiger partial charge in [0.1, 0.15) is 6.10 Å². The quantitative estimate of drug-likeness (QED) is 0.561. The van der Waals surface area contributed by atoms with Gasteiger partial charge in [0.25, 0.3) is 0 Å². The summed E-state index contributed by atoms with van der Waals surface area (Å²) in [4.78, 5) is 0. The van der Waals surface area contributed by atoms with Crippen LogP contribution in [0.2, 0.25) is 0 Å². The Labute approximate surface area is 155 Å². The van der Waals surface area contributed by atoms with Crippen molar-refractivity contribution in [1.82, 2.24) is 0 Å². The summed E-state index contributed by atoms with van der Waals surface area (Å²) in [5, 5.41) is 10.9. The molecule has 0 bridgehead atoms. The summed E-state index contributed by atoms with van der Waals surface area (Å²) in [6, 6.07) is 29.7. The third kappa shape index (κ3) is 4.30. The SMILES string of the molecule is CCC(=C=C=C(c1ccccc1)C(O)c1ccccc1)c1ccccc1. The first-order valence-electron chi connectivity index (χ1n) is 8.88. The van der Waals surface area contributed by atoms with E-state index in [1.807, 2.05) is 78.9 Å². The molecule has 0 aliphatic carbocycles. The number of hydrogen-bond acceptors (Lipinski definition) is 1. The molecule has 0 amide bonds. The maximum absolute atomic E-state index is 10.9. The molecule has 26 heavy (non-hydrogen) atoms. The van der Waals surface area contributed by atoms with Crippen molar-refractivity contribution in [2.45, 2.75) is 19.4 Å². The molecule has 1 heteroatoms. The molecule has 3 aromatic carbocycles. The van der Waals surface area contributed by atoms with Gasteiger partial charge < -0.3 is 5.11 Å². The Hall–Kier alpha value is -3.08. The average molecular weight is 338 g/mol. The van der Waals surface area contributed by atoms with Gasteiger partial charge in [0.15, 0.2) is 0 Å². The summed E-state index contributed by atoms with van der Waals surface area (Å²) in [6.45, 7) is 2.10. The van der Waals surface area contributed by atoms with Crippen molar-refractivity contribution < 1.29 is 5.11 Å². The molecule has 3 aromatic rings. The van der Waals surface area contributed by atoms with Gasteiger partial charge >= 0.3 is 0 Å². The predicted octanol–water partition coefficient (Wildman–Crippen LogP) is 6.05. The molecule has 1 unspecified atom stereocenters. The van der Waals surface area contributed by atoms with E-state index >= 15 is 0 Å². The van der Waals surface area contributed by atoms with Crippen molar-refractivity contribution in [3.05, 3.63) is 119 Å². The molecule has 128 valence electrons. The maximum atomic E-state index is 10.9. The zero-order chi connectivity index (χ0) is 18.2. The first kappa shape index (κ1) is 17.7. The highest BCUT2D eigenvalue weighted by molar-refractivity contribution is 5.72. The lowest BCUT2D eigenvalue weighted by atomic mass is 9.95. The van der Waals surface area contributed by atoms with Gasteiger partial charge in [-0.25, -0.2) is 0 Å². The van der Waals surface area contributed by atoms with Gasteiger partial charge in [-0.05, 0) is 23.1 Å². The van der Waals surface area contributed by atoms with Gasteiger partial charge in [-0.3, -0.25) is 0 Å². The van der Waals surface area contributed by atoms with Crippen molar-refractivity contribution >= 4 is 11.1 Å². The lowest BCUT2D eigenvalue weighted by Crippen LogP contribution is -2.00. The minimum atomic E-state index is -0.750. The van der Waals surface area contributed by atoms with Crippen molar-refractivity contribution in [1.29, 1.82) is 0 Å². The third-order valence-electron chi connectivity index (χ3n) is 4.30. The molecule has 0 heterocycles. The Balaban J connectivity index is 2.17. The Bertz CT molecular complexity index is 927. The number of aliphatic hydroxyl groups excluding tert-OH is 1. The fourth-order valence-electron chi connectivity index (χ4n) is 2.86. The highest BCUT2D eigenvalue weighted by atomic mass is 16.3. The van der Waals surface area contributed by atoms with Gasteiger partial charge in [0.2, 0.25) is 0 Å². The van der Waals surface area contributed by atoms with E-state index in [9.17, 15) is 5.11 Å². The molecule has 0 aromatic heterocycles. The Kier molecular flexibility index (Phi) is 6.04. The van der Waals surface area contributed by atoms with Gasteiger partial charge in [-0.2, -0.15) is 0 Å². The van der Waals surface area contributed by atoms with Crippen LogP contribution in [-0.2, 0) is 0 Å². The lowest BCUT2D eigenvalue weighted by Gasteiger charge is -2.13. The van der Waals surface area contributed by atoms with E-state index in [-0.39, 0.29) is 0 Å². The molecular formula is C25H22O. The summed E-state index contributed by atoms with van der Waals surface area (Å²) in [5.41, 5.74) is 11.3. The molecule has 0 radical (unpaired) electrons. The average Bonchev–Trinajstić information content (AvgIpc) is 2.73. The smallest absolute Gasteiger partial charge is 0.112 e. The highest BCUT2D eigenvalue weighted by Gasteiger charge is 2.14. The first-order chi connectivity index (χ1) is 12.8. The van der Waals surface area contributed by atoms with Crippen LogP contribution in [0, 0.1) is 0 Å². The molecule has 0 fully saturated rings. The second-order valence-corrected chi connectivity index (χ2v) is 6.04. The van der Waals surface area contributed by atoms with Gasteiger partial charge in [0.05, 0.1) is 0 Å². The number of allylic oxidation sites excluding steroid dienone is 1. The van der Waals surface area contributed by atoms with Crippen LogP contribution >= 0.6 is 0 Å². The normalized spacial score (nSPS) is 11.2. The van der Waals surface area contributed by atoms with E-state index in [0.29, 0.717) is 0 Å². The Morgan fingerprint density at radius 2 is 1.23 bits per heavy atom. The number of aliphatic hydroxyl groups is 1. The minimum Gasteiger partial charge on any atom is -0.383 e. The molecule has 0 saturated carbocycles. The first-order valence-corrected chi connectivity index (χ1v) is 8.88. The standard InChI is InChI=1S/C25H22O/c1-2-20(21-12-6-3-7-13-21)18-19-24(22-14-8-4-9-15-22)25(26)23-16-10-5-11-17-23/h3-17,25-26H,2H2,1H3. The van der Waals surface area contributed by atoms with Crippen molar-refractivity contribution in [2.24, 2.45) is 0 Å². The summed E-state index contributed by atoms with van der Waals surface area (Å²) in [5.74, 6) is 0. The van der Waals surface area contributed by atoms with Crippen LogP contribution in [0.5, 0.6) is 0 Å². The van der Waals surface area contributed by atoms with Gasteiger partial charge in [-0.15, -0.1) is 0 Å². The zero-order valence-electron chi connectivity index (χ0n) is 14.9. The van der Waals surface area contributed by atoms with Gasteiger partial charge in [-0.1, -0.05) is 109 Å². The molecule has 0 spiro atoms. The second kappa shape index (κ2) is 8.85. The monoisotopic (exact) mass is 338 g/mol. The molecule has 3 rings (SSSR count). The Morgan fingerprint density at radius 3 is 1.77 bits per heavy atom. The van der Waals surface area contributed by atoms with Gasteiger partial charge in [0, 0.05) is 11.1 Å². The molecule has 0 aliphatic heterocycles. The van der Waals surface area contributed by atoms with Crippen LogP contribution in [0.4, 0.5) is 0 Å². The van der Waals surface area contributed by atoms with Crippen molar-refractivity contribution in [2.75, 3.05) is 0 Å². The summed E-state index contributed by atoms with van der Waals surface area (Å²) in [6.07, 6.45) is 0.0977. The van der Waals surface area contributed by atoms with Crippen LogP contribution in [0.1, 0.15) is 36.1 Å². The molecule has 1 atom stereocenters. The topological polar surface area (TPSA) is 20.2 Å². The van der Waals surface area contributed by atoms with Crippen LogP contribution < -0.4 is 0 Å². The van der Waals surface area contributed by atoms with Crippen LogP contribution in [-0.4, -0.2) is 5.11 Å². The fourth-order valence-corrected chi connectivity index (χ4v) is 2.86. The molecule has 0 aliphatic rings. The van der Waals surface area contributed by atoms with E-state index in [4.69, 9.17) is 0 Å². The maximum Gasteiger partial charge on any atom is 0.112 e. The lowest BCUT2D eigenvalue weighted by molar-refractivity contribution is 0.238. The van der Waals surface area contributed by atoms with Crippen LogP contribution in [0.3, 0.4) is 0 Å². The second-order valence-electron chi connectivity index (χ2n) is 6.04. The number of rotatable bonds is 5. The summed E-state index contributed by atoms with van der Waals surface area (Å²) in [7, 11) is 0. The minimum absolute atomic E-state index is 0.721. The highest BCUT2D eigenvalue weighted by Crippen LogP contribution is 2.29. The Morgan fingerprint density at radius 1 is 0.731 bits per heavy atom. The van der Waals surface area contributed by atoms with E-state index < -0.39 is 6.10 Å². The van der Waals surface area contributed by atoms with Crippen LogP contribution in [0.25, 0.3) is 11.1 Å². The van der Waals surface area contributed by atoms with E-state index in [1.54, 1.807) is 0 Å². The molecule has 0 saturated heterocycles. The van der Waals surface area contributed by atoms with E-state index in [0.717, 1.165) is 34.3 Å². The van der Waals surface area contributed by atoms with Crippen LogP contribution in [0.15, 0.2) is 102 Å². The molecule has 1 nitrogen and oxygen atoms in total. The summed E-state index contributed by atoms with van der Waals surface area (Å²) < 4.78 is 0. The molecular weight excluding hydrogens is 316 g/mol. The number of hydrogen-bond donors (Lipinski definition) is 1. The third-order valence-corrected chi connectivity index (χ3v) is 4.30. The van der Waals surface area contributed by atoms with Crippen molar-refractivity contribution in [3.63, 3.8) is 0 Å². The molecule has 1 N–H and O–H groups in total.